The zero-order chi connectivity index (χ0) is 9.10. The topological polar surface area (TPSA) is 46.5 Å². The third-order valence-corrected chi connectivity index (χ3v) is 2.83. The summed E-state index contributed by atoms with van der Waals surface area (Å²) in [7, 11) is 0. The number of thiazole rings is 1. The van der Waals surface area contributed by atoms with Gasteiger partial charge in [0.1, 0.15) is 6.33 Å². The molecular formula is C7H8N4S2. The minimum absolute atomic E-state index is 0.663. The fraction of sp³-hybridized carbons (Fsp3) is 0.286. The van der Waals surface area contributed by atoms with Crippen LogP contribution in [0.15, 0.2) is 17.9 Å². The van der Waals surface area contributed by atoms with Gasteiger partial charge in [-0.1, -0.05) is 0 Å². The Balaban J connectivity index is 2.01. The van der Waals surface area contributed by atoms with E-state index in [4.69, 9.17) is 12.2 Å². The first-order valence-electron chi connectivity index (χ1n) is 3.84. The van der Waals surface area contributed by atoms with Crippen LogP contribution in [0.5, 0.6) is 0 Å². The number of aromatic amines is 1. The van der Waals surface area contributed by atoms with Crippen molar-refractivity contribution in [3.8, 4) is 0 Å². The van der Waals surface area contributed by atoms with Gasteiger partial charge >= 0.3 is 0 Å². The number of aromatic nitrogens is 4. The maximum Gasteiger partial charge on any atom is 0.194 e. The molecule has 68 valence electrons. The predicted octanol–water partition coefficient (Wildman–Crippen LogP) is 1.64. The van der Waals surface area contributed by atoms with Gasteiger partial charge in [-0.3, -0.25) is 5.10 Å². The summed E-state index contributed by atoms with van der Waals surface area (Å²) in [4.78, 5) is 4.19. The van der Waals surface area contributed by atoms with Gasteiger partial charge in [0.05, 0.1) is 5.01 Å². The van der Waals surface area contributed by atoms with Crippen LogP contribution in [-0.4, -0.2) is 19.7 Å². The molecule has 4 nitrogen and oxygen atoms in total. The number of aryl methyl sites for hydroxylation is 2. The van der Waals surface area contributed by atoms with Crippen molar-refractivity contribution in [1.82, 2.24) is 19.7 Å². The predicted molar refractivity (Wildman–Crippen MR) is 53.2 cm³/mol. The first kappa shape index (κ1) is 8.58. The van der Waals surface area contributed by atoms with E-state index < -0.39 is 0 Å². The zero-order valence-corrected chi connectivity index (χ0v) is 8.44. The lowest BCUT2D eigenvalue weighted by molar-refractivity contribution is 0.682. The molecule has 0 aliphatic carbocycles. The molecule has 2 heterocycles. The number of hydrogen-bond donors (Lipinski definition) is 1. The highest BCUT2D eigenvalue weighted by molar-refractivity contribution is 7.71. The molecule has 1 N–H and O–H groups in total. The van der Waals surface area contributed by atoms with Crippen molar-refractivity contribution < 1.29 is 0 Å². The molecule has 13 heavy (non-hydrogen) atoms. The van der Waals surface area contributed by atoms with Crippen LogP contribution in [-0.2, 0) is 13.0 Å². The van der Waals surface area contributed by atoms with E-state index in [2.05, 4.69) is 15.2 Å². The first-order valence-corrected chi connectivity index (χ1v) is 5.13. The Hall–Kier alpha value is -1.01. The van der Waals surface area contributed by atoms with Crippen molar-refractivity contribution >= 4 is 23.6 Å². The van der Waals surface area contributed by atoms with E-state index in [0.717, 1.165) is 18.0 Å². The second-order valence-electron chi connectivity index (χ2n) is 2.53. The van der Waals surface area contributed by atoms with Gasteiger partial charge in [0.25, 0.3) is 0 Å². The van der Waals surface area contributed by atoms with Crippen molar-refractivity contribution in [3.63, 3.8) is 0 Å². The van der Waals surface area contributed by atoms with Gasteiger partial charge in [-0.05, 0) is 12.2 Å². The third-order valence-electron chi connectivity index (χ3n) is 1.67. The largest absolute Gasteiger partial charge is 0.306 e. The van der Waals surface area contributed by atoms with Crippen LogP contribution in [0.2, 0.25) is 0 Å². The molecule has 0 saturated carbocycles. The average molecular weight is 212 g/mol. The molecule has 0 atom stereocenters. The lowest BCUT2D eigenvalue weighted by atomic mass is 10.4. The summed E-state index contributed by atoms with van der Waals surface area (Å²) < 4.78 is 2.56. The minimum atomic E-state index is 0.663. The smallest absolute Gasteiger partial charge is 0.194 e. The number of nitrogens with zero attached hydrogens (tertiary/aromatic N) is 3. The lowest BCUT2D eigenvalue weighted by Gasteiger charge is -1.97. The summed E-state index contributed by atoms with van der Waals surface area (Å²) in [5.74, 6) is 0. The zero-order valence-electron chi connectivity index (χ0n) is 6.80. The highest BCUT2D eigenvalue weighted by atomic mass is 32.1. The molecule has 2 rings (SSSR count). The highest BCUT2D eigenvalue weighted by Crippen LogP contribution is 2.05. The number of nitrogens with one attached hydrogen (secondary N) is 1. The van der Waals surface area contributed by atoms with Crippen LogP contribution in [0.3, 0.4) is 0 Å². The van der Waals surface area contributed by atoms with Crippen LogP contribution >= 0.6 is 23.6 Å². The van der Waals surface area contributed by atoms with Gasteiger partial charge in [-0.25, -0.2) is 4.98 Å². The molecule has 0 spiro atoms. The maximum atomic E-state index is 5.01. The van der Waals surface area contributed by atoms with E-state index >= 15 is 0 Å². The fourth-order valence-corrected chi connectivity index (χ4v) is 1.82. The fourth-order valence-electron chi connectivity index (χ4n) is 1.02. The normalized spacial score (nSPS) is 10.5. The van der Waals surface area contributed by atoms with E-state index in [9.17, 15) is 0 Å². The first-order chi connectivity index (χ1) is 6.36. The Labute approximate surface area is 84.3 Å². The molecule has 0 amide bonds. The number of H-pyrrole nitrogens is 1. The Morgan fingerprint density at radius 2 is 2.54 bits per heavy atom. The summed E-state index contributed by atoms with van der Waals surface area (Å²) in [6.45, 7) is 0.836. The summed E-state index contributed by atoms with van der Waals surface area (Å²) in [6, 6.07) is 0. The molecule has 2 aromatic rings. The summed E-state index contributed by atoms with van der Waals surface area (Å²) in [5.41, 5.74) is 0. The number of rotatable bonds is 3. The van der Waals surface area contributed by atoms with Crippen molar-refractivity contribution in [1.29, 1.82) is 0 Å². The molecule has 6 heteroatoms. The van der Waals surface area contributed by atoms with E-state index in [1.807, 2.05) is 16.1 Å². The minimum Gasteiger partial charge on any atom is -0.306 e. The molecule has 0 unspecified atom stereocenters. The molecule has 0 radical (unpaired) electrons. The van der Waals surface area contributed by atoms with Crippen LogP contribution in [0.4, 0.5) is 0 Å². The molecule has 0 aromatic carbocycles. The number of hydrogen-bond acceptors (Lipinski definition) is 4. The van der Waals surface area contributed by atoms with Gasteiger partial charge in [0.2, 0.25) is 0 Å². The van der Waals surface area contributed by atoms with E-state index in [1.54, 1.807) is 17.7 Å². The second-order valence-corrected chi connectivity index (χ2v) is 3.90. The molecule has 2 aromatic heterocycles. The van der Waals surface area contributed by atoms with Crippen LogP contribution in [0.1, 0.15) is 5.01 Å². The quantitative estimate of drug-likeness (QED) is 0.787. The summed E-state index contributed by atoms with van der Waals surface area (Å²) in [6.07, 6.45) is 4.43. The SMILES string of the molecule is S=c1[nH]ncn1CCc1nccs1. The lowest BCUT2D eigenvalue weighted by Crippen LogP contribution is -1.99. The van der Waals surface area contributed by atoms with Crippen molar-refractivity contribution in [3.05, 3.63) is 27.7 Å². The monoisotopic (exact) mass is 212 g/mol. The Kier molecular flexibility index (Phi) is 2.51. The van der Waals surface area contributed by atoms with Gasteiger partial charge in [0, 0.05) is 24.5 Å². The van der Waals surface area contributed by atoms with Crippen LogP contribution < -0.4 is 0 Å². The highest BCUT2D eigenvalue weighted by Gasteiger charge is 1.97. The van der Waals surface area contributed by atoms with Gasteiger partial charge in [0.15, 0.2) is 4.77 Å². The van der Waals surface area contributed by atoms with Crippen LogP contribution in [0.25, 0.3) is 0 Å². The van der Waals surface area contributed by atoms with Crippen molar-refractivity contribution in [2.24, 2.45) is 0 Å². The standard InChI is InChI=1S/C7H8N4S2/c12-7-10-9-5-11(7)3-1-6-8-2-4-13-6/h2,4-5H,1,3H2,(H,10,12). The van der Waals surface area contributed by atoms with Crippen molar-refractivity contribution in [2.75, 3.05) is 0 Å². The Bertz CT molecular complexity index is 414. The molecular weight excluding hydrogens is 204 g/mol. The maximum absolute atomic E-state index is 5.01. The summed E-state index contributed by atoms with van der Waals surface area (Å²) in [5, 5.41) is 9.65. The molecule has 0 saturated heterocycles. The Morgan fingerprint density at radius 1 is 1.62 bits per heavy atom. The molecule has 0 aliphatic rings. The van der Waals surface area contributed by atoms with Crippen molar-refractivity contribution in [2.45, 2.75) is 13.0 Å². The molecule has 0 bridgehead atoms. The molecule has 0 fully saturated rings. The van der Waals surface area contributed by atoms with E-state index in [1.165, 1.54) is 0 Å². The molecule has 0 aliphatic heterocycles. The second kappa shape index (κ2) is 3.80. The van der Waals surface area contributed by atoms with Crippen LogP contribution in [0, 0.1) is 4.77 Å². The van der Waals surface area contributed by atoms with Gasteiger partial charge in [-0.15, -0.1) is 11.3 Å². The van der Waals surface area contributed by atoms with Gasteiger partial charge < -0.3 is 4.57 Å². The third kappa shape index (κ3) is 2.02. The van der Waals surface area contributed by atoms with E-state index in [0.29, 0.717) is 4.77 Å². The summed E-state index contributed by atoms with van der Waals surface area (Å²) >= 11 is 6.67. The van der Waals surface area contributed by atoms with E-state index in [-0.39, 0.29) is 0 Å². The van der Waals surface area contributed by atoms with Gasteiger partial charge in [-0.2, -0.15) is 5.10 Å². The Morgan fingerprint density at radius 3 is 3.15 bits per heavy atom. The average Bonchev–Trinajstić information content (AvgIpc) is 2.72.